The number of nitrogens with one attached hydrogen (secondary N) is 1. The summed E-state index contributed by atoms with van der Waals surface area (Å²) in [5.41, 5.74) is 0.988. The summed E-state index contributed by atoms with van der Waals surface area (Å²) in [4.78, 5) is 24.7. The molecule has 0 bridgehead atoms. The largest absolute Gasteiger partial charge is 0.493 e. The summed E-state index contributed by atoms with van der Waals surface area (Å²) < 4.78 is 40.5. The highest BCUT2D eigenvalue weighted by Crippen LogP contribution is 2.40. The summed E-state index contributed by atoms with van der Waals surface area (Å²) in [7, 11) is 1.59. The van der Waals surface area contributed by atoms with E-state index in [2.05, 4.69) is 5.32 Å². The van der Waals surface area contributed by atoms with E-state index in [-0.39, 0.29) is 28.4 Å². The van der Waals surface area contributed by atoms with E-state index in [1.54, 1.807) is 38.4 Å². The van der Waals surface area contributed by atoms with Gasteiger partial charge in [0.1, 0.15) is 17.3 Å². The van der Waals surface area contributed by atoms with Gasteiger partial charge in [0.25, 0.3) is 5.56 Å². The predicted octanol–water partition coefficient (Wildman–Crippen LogP) is 5.90. The predicted molar refractivity (Wildman–Crippen MR) is 127 cm³/mol. The van der Waals surface area contributed by atoms with Gasteiger partial charge < -0.3 is 19.4 Å². The zero-order valence-electron chi connectivity index (χ0n) is 19.9. The molecule has 1 N–H and O–H groups in total. The molecule has 6 nitrogen and oxygen atoms in total. The third-order valence-electron chi connectivity index (χ3n) is 4.85. The van der Waals surface area contributed by atoms with Crippen LogP contribution in [-0.2, 0) is 11.8 Å². The second-order valence-corrected chi connectivity index (χ2v) is 9.11. The lowest BCUT2D eigenvalue weighted by molar-refractivity contribution is -0.117. The van der Waals surface area contributed by atoms with Gasteiger partial charge in [-0.15, -0.1) is 0 Å². The SMILES string of the molecule is CCOc1cc(=O)n(C)cc1-c1cc(NC(=O)CC(C)(C)C)ccc1Oc1ccc(F)cc1F. The molecule has 3 aromatic rings. The second kappa shape index (κ2) is 10.1. The highest BCUT2D eigenvalue weighted by atomic mass is 19.1. The third kappa shape index (κ3) is 6.21. The molecule has 0 unspecified atom stereocenters. The minimum atomic E-state index is -0.862. The highest BCUT2D eigenvalue weighted by Gasteiger charge is 2.19. The summed E-state index contributed by atoms with van der Waals surface area (Å²) in [6.07, 6.45) is 1.89. The first-order valence-electron chi connectivity index (χ1n) is 10.9. The van der Waals surface area contributed by atoms with Crippen LogP contribution in [0.2, 0.25) is 0 Å². The Morgan fingerprint density at radius 3 is 2.35 bits per heavy atom. The molecule has 180 valence electrons. The monoisotopic (exact) mass is 470 g/mol. The van der Waals surface area contributed by atoms with Crippen molar-refractivity contribution in [2.45, 2.75) is 34.1 Å². The number of nitrogens with zero attached hydrogens (tertiary/aromatic N) is 1. The Hall–Kier alpha value is -3.68. The van der Waals surface area contributed by atoms with Gasteiger partial charge in [-0.1, -0.05) is 20.8 Å². The van der Waals surface area contributed by atoms with Crippen LogP contribution in [-0.4, -0.2) is 17.1 Å². The Morgan fingerprint density at radius 2 is 1.71 bits per heavy atom. The van der Waals surface area contributed by atoms with Crippen LogP contribution in [0.1, 0.15) is 34.1 Å². The molecule has 0 aliphatic heterocycles. The molecule has 0 radical (unpaired) electrons. The number of aryl methyl sites for hydroxylation is 1. The van der Waals surface area contributed by atoms with Gasteiger partial charge in [-0.2, -0.15) is 0 Å². The maximum absolute atomic E-state index is 14.3. The normalized spacial score (nSPS) is 11.3. The van der Waals surface area contributed by atoms with E-state index in [9.17, 15) is 18.4 Å². The van der Waals surface area contributed by atoms with Crippen LogP contribution in [0.4, 0.5) is 14.5 Å². The molecule has 0 atom stereocenters. The van der Waals surface area contributed by atoms with Crippen molar-refractivity contribution in [1.29, 1.82) is 0 Å². The van der Waals surface area contributed by atoms with Crippen molar-refractivity contribution >= 4 is 11.6 Å². The third-order valence-corrected chi connectivity index (χ3v) is 4.85. The summed E-state index contributed by atoms with van der Waals surface area (Å²) in [6, 6.07) is 9.24. The molecule has 3 rings (SSSR count). The molecule has 34 heavy (non-hydrogen) atoms. The molecular weight excluding hydrogens is 442 g/mol. The summed E-state index contributed by atoms with van der Waals surface area (Å²) in [5.74, 6) is -1.37. The average Bonchev–Trinajstić information content (AvgIpc) is 2.72. The van der Waals surface area contributed by atoms with E-state index in [0.717, 1.165) is 12.1 Å². The van der Waals surface area contributed by atoms with Crippen molar-refractivity contribution < 1.29 is 23.0 Å². The lowest BCUT2D eigenvalue weighted by Gasteiger charge is -2.19. The van der Waals surface area contributed by atoms with Crippen molar-refractivity contribution in [3.63, 3.8) is 0 Å². The fourth-order valence-electron chi connectivity index (χ4n) is 3.36. The zero-order chi connectivity index (χ0) is 25.0. The molecule has 0 spiro atoms. The van der Waals surface area contributed by atoms with E-state index in [1.807, 2.05) is 20.8 Å². The number of aromatic nitrogens is 1. The van der Waals surface area contributed by atoms with Crippen LogP contribution in [0.5, 0.6) is 17.2 Å². The Labute approximate surface area is 197 Å². The lowest BCUT2D eigenvalue weighted by Crippen LogP contribution is -2.19. The summed E-state index contributed by atoms with van der Waals surface area (Å²) in [6.45, 7) is 7.99. The van der Waals surface area contributed by atoms with Crippen LogP contribution in [0, 0.1) is 17.0 Å². The van der Waals surface area contributed by atoms with Gasteiger partial charge in [-0.25, -0.2) is 8.78 Å². The smallest absolute Gasteiger partial charge is 0.254 e. The number of carbonyl (C=O) groups excluding carboxylic acids is 1. The first-order valence-corrected chi connectivity index (χ1v) is 10.9. The van der Waals surface area contributed by atoms with Gasteiger partial charge in [0.15, 0.2) is 11.6 Å². The standard InChI is InChI=1S/C26H28F2N2O4/c1-6-33-23-13-25(32)30(5)15-19(23)18-12-17(29-24(31)14-26(2,3)4)8-10-21(18)34-22-9-7-16(27)11-20(22)28/h7-13,15H,6,14H2,1-5H3,(H,29,31). The van der Waals surface area contributed by atoms with E-state index in [4.69, 9.17) is 9.47 Å². The number of amides is 1. The van der Waals surface area contributed by atoms with Crippen LogP contribution < -0.4 is 20.3 Å². The fraction of sp³-hybridized carbons (Fsp3) is 0.308. The first-order chi connectivity index (χ1) is 16.0. The highest BCUT2D eigenvalue weighted by molar-refractivity contribution is 5.92. The number of halogens is 2. The van der Waals surface area contributed by atoms with Crippen LogP contribution in [0.25, 0.3) is 11.1 Å². The van der Waals surface area contributed by atoms with E-state index in [1.165, 1.54) is 16.7 Å². The maximum Gasteiger partial charge on any atom is 0.254 e. The van der Waals surface area contributed by atoms with E-state index >= 15 is 0 Å². The van der Waals surface area contributed by atoms with Crippen molar-refractivity contribution in [2.24, 2.45) is 12.5 Å². The van der Waals surface area contributed by atoms with Crippen molar-refractivity contribution in [2.75, 3.05) is 11.9 Å². The molecule has 0 aliphatic rings. The molecule has 0 saturated carbocycles. The van der Waals surface area contributed by atoms with Gasteiger partial charge in [0.2, 0.25) is 5.91 Å². The maximum atomic E-state index is 14.3. The quantitative estimate of drug-likeness (QED) is 0.467. The summed E-state index contributed by atoms with van der Waals surface area (Å²) >= 11 is 0. The number of benzene rings is 2. The molecule has 8 heteroatoms. The molecule has 0 saturated heterocycles. The Balaban J connectivity index is 2.12. The number of anilines is 1. The number of hydrogen-bond acceptors (Lipinski definition) is 4. The number of pyridine rings is 1. The lowest BCUT2D eigenvalue weighted by atomic mass is 9.92. The molecule has 1 heterocycles. The molecule has 1 aromatic heterocycles. The van der Waals surface area contributed by atoms with Gasteiger partial charge >= 0.3 is 0 Å². The fourth-order valence-corrected chi connectivity index (χ4v) is 3.36. The molecule has 2 aromatic carbocycles. The minimum absolute atomic E-state index is 0.165. The van der Waals surface area contributed by atoms with Gasteiger partial charge in [0.05, 0.1) is 6.61 Å². The van der Waals surface area contributed by atoms with Crippen LogP contribution in [0.15, 0.2) is 53.5 Å². The minimum Gasteiger partial charge on any atom is -0.493 e. The second-order valence-electron chi connectivity index (χ2n) is 9.11. The van der Waals surface area contributed by atoms with E-state index < -0.39 is 11.6 Å². The molecular formula is C26H28F2N2O4. The Morgan fingerprint density at radius 1 is 1.00 bits per heavy atom. The Kier molecular flexibility index (Phi) is 7.39. The number of hydrogen-bond donors (Lipinski definition) is 1. The van der Waals surface area contributed by atoms with Crippen molar-refractivity contribution in [1.82, 2.24) is 4.57 Å². The number of carbonyl (C=O) groups is 1. The van der Waals surface area contributed by atoms with Gasteiger partial charge in [-0.3, -0.25) is 9.59 Å². The summed E-state index contributed by atoms with van der Waals surface area (Å²) in [5, 5.41) is 2.87. The van der Waals surface area contributed by atoms with Crippen molar-refractivity contribution in [3.8, 4) is 28.4 Å². The van der Waals surface area contributed by atoms with Gasteiger partial charge in [-0.05, 0) is 42.7 Å². The Bertz CT molecular complexity index is 1260. The molecule has 0 fully saturated rings. The number of rotatable bonds is 7. The van der Waals surface area contributed by atoms with Crippen LogP contribution >= 0.6 is 0 Å². The molecule has 1 amide bonds. The number of ether oxygens (including phenoxy) is 2. The topological polar surface area (TPSA) is 69.6 Å². The van der Waals surface area contributed by atoms with E-state index in [0.29, 0.717) is 35.6 Å². The van der Waals surface area contributed by atoms with Crippen molar-refractivity contribution in [3.05, 3.63) is 70.6 Å². The zero-order valence-corrected chi connectivity index (χ0v) is 19.9. The molecule has 0 aliphatic carbocycles. The van der Waals surface area contributed by atoms with Gasteiger partial charge in [0, 0.05) is 48.6 Å². The first kappa shape index (κ1) is 25.0. The average molecular weight is 471 g/mol. The van der Waals surface area contributed by atoms with Crippen LogP contribution in [0.3, 0.4) is 0 Å².